The summed E-state index contributed by atoms with van der Waals surface area (Å²) in [4.78, 5) is 4.37. The maximum Gasteiger partial charge on any atom is 0.155 e. The number of hydrogen-bond donors (Lipinski definition) is 0. The van der Waals surface area contributed by atoms with Crippen molar-refractivity contribution in [3.05, 3.63) is 71.8 Å². The van der Waals surface area contributed by atoms with E-state index < -0.39 is 0 Å². The first-order valence-corrected chi connectivity index (χ1v) is 7.70. The van der Waals surface area contributed by atoms with Gasteiger partial charge in [0.1, 0.15) is 0 Å². The molecule has 114 valence electrons. The van der Waals surface area contributed by atoms with E-state index in [9.17, 15) is 0 Å². The van der Waals surface area contributed by atoms with Crippen molar-refractivity contribution in [3.63, 3.8) is 0 Å². The Morgan fingerprint density at radius 1 is 0.826 bits per heavy atom. The van der Waals surface area contributed by atoms with Gasteiger partial charge in [0, 0.05) is 34.9 Å². The Morgan fingerprint density at radius 3 is 2.22 bits per heavy atom. The normalized spacial score (nSPS) is 11.3. The number of rotatable bonds is 2. The average molecular weight is 302 g/mol. The van der Waals surface area contributed by atoms with E-state index in [4.69, 9.17) is 0 Å². The zero-order valence-electron chi connectivity index (χ0n) is 13.5. The summed E-state index contributed by atoms with van der Waals surface area (Å²) in [5.41, 5.74) is 7.69. The predicted molar refractivity (Wildman–Crippen MR) is 92.0 cm³/mol. The molecule has 4 aromatic rings. The molecule has 0 aliphatic heterocycles. The largest absolute Gasteiger partial charge is 0.319 e. The minimum absolute atomic E-state index is 0.876. The summed E-state index contributed by atoms with van der Waals surface area (Å²) in [5, 5.41) is 4.54. The van der Waals surface area contributed by atoms with E-state index >= 15 is 0 Å². The van der Waals surface area contributed by atoms with E-state index in [1.807, 2.05) is 29.8 Å². The van der Waals surface area contributed by atoms with Crippen LogP contribution in [0.25, 0.3) is 22.6 Å². The van der Waals surface area contributed by atoms with Crippen LogP contribution in [-0.4, -0.2) is 19.2 Å². The van der Waals surface area contributed by atoms with Gasteiger partial charge in [-0.05, 0) is 51.1 Å². The molecule has 0 aliphatic rings. The van der Waals surface area contributed by atoms with Crippen molar-refractivity contribution in [2.24, 2.45) is 0 Å². The third-order valence-corrected chi connectivity index (χ3v) is 4.17. The minimum Gasteiger partial charge on any atom is -0.319 e. The predicted octanol–water partition coefficient (Wildman–Crippen LogP) is 4.11. The van der Waals surface area contributed by atoms with Gasteiger partial charge >= 0.3 is 0 Å². The van der Waals surface area contributed by atoms with Crippen LogP contribution in [0.5, 0.6) is 0 Å². The topological polar surface area (TPSA) is 35.1 Å². The van der Waals surface area contributed by atoms with Crippen molar-refractivity contribution >= 4 is 5.65 Å². The Balaban J connectivity index is 1.81. The summed E-state index contributed by atoms with van der Waals surface area (Å²) < 4.78 is 4.15. The van der Waals surface area contributed by atoms with E-state index in [2.05, 4.69) is 64.9 Å². The minimum atomic E-state index is 0.876. The first-order chi connectivity index (χ1) is 11.1. The molecule has 3 aromatic heterocycles. The highest BCUT2D eigenvalue weighted by molar-refractivity contribution is 5.64. The second-order valence-corrected chi connectivity index (χ2v) is 5.88. The molecular formula is C19H18N4. The highest BCUT2D eigenvalue weighted by atomic mass is 15.3. The molecule has 4 nitrogen and oxygen atoms in total. The molecule has 4 heteroatoms. The SMILES string of the molecule is Cc1cc2nccc(-c3ccc(-n4c(C)ccc4C)cc3)n2n1. The fourth-order valence-electron chi connectivity index (χ4n) is 3.09. The van der Waals surface area contributed by atoms with Gasteiger partial charge in [0.15, 0.2) is 5.65 Å². The van der Waals surface area contributed by atoms with Crippen molar-refractivity contribution in [1.82, 2.24) is 19.2 Å². The highest BCUT2D eigenvalue weighted by Crippen LogP contribution is 2.23. The molecule has 0 N–H and O–H groups in total. The van der Waals surface area contributed by atoms with Gasteiger partial charge in [-0.15, -0.1) is 0 Å². The van der Waals surface area contributed by atoms with E-state index in [1.54, 1.807) is 0 Å². The molecule has 0 unspecified atom stereocenters. The fourth-order valence-corrected chi connectivity index (χ4v) is 3.09. The van der Waals surface area contributed by atoms with Crippen LogP contribution in [0.1, 0.15) is 17.1 Å². The molecule has 0 radical (unpaired) electrons. The van der Waals surface area contributed by atoms with Gasteiger partial charge in [-0.3, -0.25) is 0 Å². The van der Waals surface area contributed by atoms with Gasteiger partial charge in [-0.2, -0.15) is 5.10 Å². The van der Waals surface area contributed by atoms with Gasteiger partial charge in [-0.25, -0.2) is 9.50 Å². The molecule has 1 aromatic carbocycles. The molecule has 0 spiro atoms. The molecule has 0 amide bonds. The van der Waals surface area contributed by atoms with E-state index in [1.165, 1.54) is 17.1 Å². The average Bonchev–Trinajstić information content (AvgIpc) is 3.09. The molecule has 0 fully saturated rings. The van der Waals surface area contributed by atoms with Crippen LogP contribution in [0.4, 0.5) is 0 Å². The Labute approximate surface area is 135 Å². The molecule has 23 heavy (non-hydrogen) atoms. The van der Waals surface area contributed by atoms with Crippen molar-refractivity contribution in [3.8, 4) is 16.9 Å². The zero-order chi connectivity index (χ0) is 16.0. The first-order valence-electron chi connectivity index (χ1n) is 7.70. The van der Waals surface area contributed by atoms with E-state index in [0.29, 0.717) is 0 Å². The van der Waals surface area contributed by atoms with Crippen LogP contribution >= 0.6 is 0 Å². The van der Waals surface area contributed by atoms with Crippen LogP contribution in [0.15, 0.2) is 54.7 Å². The number of nitrogens with zero attached hydrogens (tertiary/aromatic N) is 4. The number of benzene rings is 1. The summed E-state index contributed by atoms with van der Waals surface area (Å²) in [6.45, 7) is 6.23. The molecule has 0 aliphatic carbocycles. The lowest BCUT2D eigenvalue weighted by atomic mass is 10.1. The number of hydrogen-bond acceptors (Lipinski definition) is 2. The smallest absolute Gasteiger partial charge is 0.155 e. The molecular weight excluding hydrogens is 284 g/mol. The van der Waals surface area contributed by atoms with Crippen molar-refractivity contribution in [1.29, 1.82) is 0 Å². The third kappa shape index (κ3) is 2.23. The van der Waals surface area contributed by atoms with Gasteiger partial charge in [-0.1, -0.05) is 12.1 Å². The Hall–Kier alpha value is -2.88. The van der Waals surface area contributed by atoms with Crippen molar-refractivity contribution < 1.29 is 0 Å². The van der Waals surface area contributed by atoms with Crippen LogP contribution < -0.4 is 0 Å². The van der Waals surface area contributed by atoms with Crippen molar-refractivity contribution in [2.45, 2.75) is 20.8 Å². The van der Waals surface area contributed by atoms with Crippen LogP contribution in [0, 0.1) is 20.8 Å². The van der Waals surface area contributed by atoms with Gasteiger partial charge in [0.2, 0.25) is 0 Å². The standard InChI is InChI=1S/C19H18N4/c1-13-12-19-20-11-10-18(23(19)21-13)16-6-8-17(9-7-16)22-14(2)4-5-15(22)3/h4-12H,1-3H3. The summed E-state index contributed by atoms with van der Waals surface area (Å²) in [6, 6.07) is 16.9. The Kier molecular flexibility index (Phi) is 3.05. The highest BCUT2D eigenvalue weighted by Gasteiger charge is 2.08. The fraction of sp³-hybridized carbons (Fsp3) is 0.158. The third-order valence-electron chi connectivity index (χ3n) is 4.17. The molecule has 3 heterocycles. The molecule has 0 saturated carbocycles. The summed E-state index contributed by atoms with van der Waals surface area (Å²) in [6.07, 6.45) is 1.83. The number of fused-ring (bicyclic) bond motifs is 1. The van der Waals surface area contributed by atoms with Crippen LogP contribution in [-0.2, 0) is 0 Å². The molecule has 0 atom stereocenters. The molecule has 0 bridgehead atoms. The van der Waals surface area contributed by atoms with Crippen molar-refractivity contribution in [2.75, 3.05) is 0 Å². The summed E-state index contributed by atoms with van der Waals surface area (Å²) in [7, 11) is 0. The number of aromatic nitrogens is 4. The Morgan fingerprint density at radius 2 is 1.52 bits per heavy atom. The molecule has 0 saturated heterocycles. The van der Waals surface area contributed by atoms with Gasteiger partial charge in [0.05, 0.1) is 11.4 Å². The summed E-state index contributed by atoms with van der Waals surface area (Å²) in [5.74, 6) is 0. The van der Waals surface area contributed by atoms with Crippen LogP contribution in [0.2, 0.25) is 0 Å². The maximum atomic E-state index is 4.54. The second-order valence-electron chi connectivity index (χ2n) is 5.88. The number of aryl methyl sites for hydroxylation is 3. The monoisotopic (exact) mass is 302 g/mol. The van der Waals surface area contributed by atoms with E-state index in [-0.39, 0.29) is 0 Å². The maximum absolute atomic E-state index is 4.54. The van der Waals surface area contributed by atoms with Crippen LogP contribution in [0.3, 0.4) is 0 Å². The zero-order valence-corrected chi connectivity index (χ0v) is 13.5. The summed E-state index contributed by atoms with van der Waals surface area (Å²) >= 11 is 0. The first kappa shape index (κ1) is 13.8. The Bertz CT molecular complexity index is 971. The lowest BCUT2D eigenvalue weighted by Crippen LogP contribution is -1.99. The van der Waals surface area contributed by atoms with Gasteiger partial charge in [0.25, 0.3) is 0 Å². The second kappa shape index (κ2) is 5.09. The van der Waals surface area contributed by atoms with E-state index in [0.717, 1.165) is 22.6 Å². The van der Waals surface area contributed by atoms with Gasteiger partial charge < -0.3 is 4.57 Å². The lowest BCUT2D eigenvalue weighted by Gasteiger charge is -2.11. The lowest BCUT2D eigenvalue weighted by molar-refractivity contribution is 0.924. The quantitative estimate of drug-likeness (QED) is 0.558. The molecule has 4 rings (SSSR count).